The number of alkyl halides is 1. The number of anilines is 1. The normalized spacial score (nSPS) is 29.6. The Morgan fingerprint density at radius 1 is 1.16 bits per heavy atom. The molecule has 11 nitrogen and oxygen atoms in total. The van der Waals surface area contributed by atoms with Gasteiger partial charge in [-0.15, -0.1) is 0 Å². The Morgan fingerprint density at radius 3 is 2.81 bits per heavy atom. The van der Waals surface area contributed by atoms with E-state index in [1.807, 2.05) is 29.2 Å². The largest absolute Gasteiger partial charge is 0.508 e. The monoisotopic (exact) mass is 608 g/mol. The van der Waals surface area contributed by atoms with E-state index < -0.39 is 21.7 Å². The van der Waals surface area contributed by atoms with Crippen LogP contribution in [-0.4, -0.2) is 98.2 Å². The van der Waals surface area contributed by atoms with Gasteiger partial charge >= 0.3 is 6.01 Å². The first-order chi connectivity index (χ1) is 20.8. The quantitative estimate of drug-likeness (QED) is 0.397. The molecule has 0 saturated carbocycles. The van der Waals surface area contributed by atoms with Gasteiger partial charge in [0.1, 0.15) is 18.5 Å². The third-order valence-corrected chi connectivity index (χ3v) is 10.8. The SMILES string of the molecule is O=S1(=O)NC(c2cc(O)cc3ccccc23)=Cc2nc(OC[C@@]34CCCN3C[C@H](F)C4)nc(N3C4CNCC3COC4)c21. The molecule has 2 unspecified atom stereocenters. The highest BCUT2D eigenvalue weighted by atomic mass is 32.2. The van der Waals surface area contributed by atoms with E-state index in [-0.39, 0.29) is 52.6 Å². The number of phenolic OH excluding ortho intramolecular Hbond substituents is 1. The van der Waals surface area contributed by atoms with Crippen LogP contribution in [0.15, 0.2) is 41.3 Å². The number of ether oxygens (including phenoxy) is 2. The maximum absolute atomic E-state index is 14.5. The first kappa shape index (κ1) is 27.1. The van der Waals surface area contributed by atoms with Gasteiger partial charge in [-0.25, -0.2) is 12.8 Å². The van der Waals surface area contributed by atoms with Gasteiger partial charge in [-0.1, -0.05) is 24.3 Å². The van der Waals surface area contributed by atoms with Crippen LogP contribution >= 0.6 is 0 Å². The zero-order valence-electron chi connectivity index (χ0n) is 23.5. The van der Waals surface area contributed by atoms with E-state index in [1.54, 1.807) is 18.2 Å². The van der Waals surface area contributed by atoms with Crippen molar-refractivity contribution < 1.29 is 27.4 Å². The predicted octanol–water partition coefficient (Wildman–Crippen LogP) is 2.26. The molecule has 4 atom stereocenters. The average molecular weight is 609 g/mol. The zero-order chi connectivity index (χ0) is 29.3. The minimum atomic E-state index is -4.14. The Hall–Kier alpha value is -3.52. The lowest BCUT2D eigenvalue weighted by Gasteiger charge is -2.47. The van der Waals surface area contributed by atoms with Crippen LogP contribution in [-0.2, 0) is 14.8 Å². The molecule has 1 aromatic heterocycles. The summed E-state index contributed by atoms with van der Waals surface area (Å²) in [7, 11) is -4.14. The number of sulfonamides is 1. The standard InChI is InChI=1S/C30H33FN6O5S/c31-19-11-30(6-3-7-36(30)14-19)17-42-29-33-26-10-25(24-9-22(38)8-18-4-1-2-5-23(18)24)35-43(39,40)27(26)28(34-29)37-20-12-32-13-21(37)16-41-15-20/h1-2,4-5,8-10,19-21,32,35,38H,3,6-7,11-17H2/t19-,20?,21?,30+/m1/s1. The number of nitrogens with one attached hydrogen (secondary N) is 2. The fourth-order valence-electron chi connectivity index (χ4n) is 7.57. The molecule has 0 amide bonds. The van der Waals surface area contributed by atoms with Crippen molar-refractivity contribution in [3.8, 4) is 11.8 Å². The van der Waals surface area contributed by atoms with Crippen LogP contribution in [0.4, 0.5) is 10.2 Å². The molecule has 226 valence electrons. The summed E-state index contributed by atoms with van der Waals surface area (Å²) in [4.78, 5) is 13.6. The molecule has 0 spiro atoms. The maximum Gasteiger partial charge on any atom is 0.319 e. The highest BCUT2D eigenvalue weighted by Crippen LogP contribution is 2.42. The Morgan fingerprint density at radius 2 is 1.98 bits per heavy atom. The lowest BCUT2D eigenvalue weighted by atomic mass is 9.95. The molecule has 3 aromatic rings. The molecule has 43 heavy (non-hydrogen) atoms. The van der Waals surface area contributed by atoms with E-state index in [0.717, 1.165) is 30.2 Å². The second-order valence-corrected chi connectivity index (χ2v) is 13.8. The number of nitrogens with zero attached hydrogens (tertiary/aromatic N) is 4. The van der Waals surface area contributed by atoms with Gasteiger partial charge in [0, 0.05) is 31.6 Å². The maximum atomic E-state index is 14.5. The molecule has 6 heterocycles. The van der Waals surface area contributed by atoms with Crippen LogP contribution in [0.2, 0.25) is 0 Å². The van der Waals surface area contributed by atoms with Crippen molar-refractivity contribution in [2.24, 2.45) is 0 Å². The van der Waals surface area contributed by atoms with Gasteiger partial charge in [0.2, 0.25) is 0 Å². The average Bonchev–Trinajstić information content (AvgIpc) is 3.50. The Balaban J connectivity index is 1.27. The van der Waals surface area contributed by atoms with E-state index >= 15 is 0 Å². The van der Waals surface area contributed by atoms with E-state index in [9.17, 15) is 17.9 Å². The van der Waals surface area contributed by atoms with E-state index in [2.05, 4.69) is 19.9 Å². The molecule has 13 heteroatoms. The highest BCUT2D eigenvalue weighted by Gasteiger charge is 2.50. The van der Waals surface area contributed by atoms with Crippen LogP contribution in [0.1, 0.15) is 30.5 Å². The topological polar surface area (TPSA) is 129 Å². The van der Waals surface area contributed by atoms with Crippen molar-refractivity contribution in [1.82, 2.24) is 24.9 Å². The molecule has 5 aliphatic rings. The van der Waals surface area contributed by atoms with Gasteiger partial charge in [0.25, 0.3) is 10.0 Å². The number of fused-ring (bicyclic) bond motifs is 5. The molecular weight excluding hydrogens is 575 g/mol. The van der Waals surface area contributed by atoms with Crippen molar-refractivity contribution in [3.63, 3.8) is 0 Å². The van der Waals surface area contributed by atoms with Crippen molar-refractivity contribution >= 4 is 38.4 Å². The smallest absolute Gasteiger partial charge is 0.319 e. The number of aromatic nitrogens is 2. The second kappa shape index (κ2) is 10.0. The minimum absolute atomic E-state index is 0.0165. The van der Waals surface area contributed by atoms with Crippen molar-refractivity contribution in [1.29, 1.82) is 0 Å². The summed E-state index contributed by atoms with van der Waals surface area (Å²) in [5.41, 5.74) is 0.609. The van der Waals surface area contributed by atoms with Gasteiger partial charge < -0.3 is 24.8 Å². The van der Waals surface area contributed by atoms with Crippen LogP contribution in [0.5, 0.6) is 11.8 Å². The third kappa shape index (κ3) is 4.52. The van der Waals surface area contributed by atoms with Gasteiger partial charge in [-0.05, 0) is 48.4 Å². The summed E-state index contributed by atoms with van der Waals surface area (Å²) in [5.74, 6) is 0.294. The highest BCUT2D eigenvalue weighted by molar-refractivity contribution is 7.90. The van der Waals surface area contributed by atoms with E-state index in [4.69, 9.17) is 14.5 Å². The van der Waals surface area contributed by atoms with Gasteiger partial charge in [-0.3, -0.25) is 9.62 Å². The molecule has 4 saturated heterocycles. The third-order valence-electron chi connectivity index (χ3n) is 9.43. The van der Waals surface area contributed by atoms with Gasteiger partial charge in [0.15, 0.2) is 10.7 Å². The van der Waals surface area contributed by atoms with Crippen LogP contribution in [0, 0.1) is 0 Å². The van der Waals surface area contributed by atoms with E-state index in [0.29, 0.717) is 44.8 Å². The molecular formula is C30H33FN6O5S. The zero-order valence-corrected chi connectivity index (χ0v) is 24.3. The molecule has 2 bridgehead atoms. The van der Waals surface area contributed by atoms with Gasteiger partial charge in [-0.2, -0.15) is 9.97 Å². The fraction of sp³-hybridized carbons (Fsp3) is 0.467. The van der Waals surface area contributed by atoms with Gasteiger partial charge in [0.05, 0.1) is 42.2 Å². The number of phenols is 1. The van der Waals surface area contributed by atoms with Crippen molar-refractivity contribution in [2.45, 2.75) is 48.0 Å². The minimum Gasteiger partial charge on any atom is -0.508 e. The first-order valence-corrected chi connectivity index (χ1v) is 16.3. The number of aromatic hydroxyl groups is 1. The van der Waals surface area contributed by atoms with E-state index in [1.165, 1.54) is 0 Å². The van der Waals surface area contributed by atoms with Crippen molar-refractivity contribution in [2.75, 3.05) is 50.9 Å². The van der Waals surface area contributed by atoms with Crippen LogP contribution in [0.25, 0.3) is 22.5 Å². The van der Waals surface area contributed by atoms with Crippen LogP contribution < -0.4 is 19.7 Å². The molecule has 0 radical (unpaired) electrons. The number of hydrogen-bond donors (Lipinski definition) is 3. The summed E-state index contributed by atoms with van der Waals surface area (Å²) >= 11 is 0. The van der Waals surface area contributed by atoms with Crippen molar-refractivity contribution in [3.05, 3.63) is 47.7 Å². The summed E-state index contributed by atoms with van der Waals surface area (Å²) in [6.45, 7) is 3.55. The predicted molar refractivity (Wildman–Crippen MR) is 158 cm³/mol. The first-order valence-electron chi connectivity index (χ1n) is 14.8. The number of piperazine rings is 1. The second-order valence-electron chi connectivity index (χ2n) is 12.2. The molecule has 5 aliphatic heterocycles. The molecule has 3 N–H and O–H groups in total. The number of hydrogen-bond acceptors (Lipinski definition) is 10. The lowest BCUT2D eigenvalue weighted by Crippen LogP contribution is -2.64. The summed E-state index contributed by atoms with van der Waals surface area (Å²) in [6, 6.07) is 10.5. The molecule has 2 aromatic carbocycles. The molecule has 8 rings (SSSR count). The fourth-order valence-corrected chi connectivity index (χ4v) is 8.90. The Labute approximate surface area is 248 Å². The number of benzene rings is 2. The number of rotatable bonds is 5. The molecule has 4 fully saturated rings. The number of halogens is 1. The van der Waals surface area contributed by atoms with Crippen LogP contribution in [0.3, 0.4) is 0 Å². The summed E-state index contributed by atoms with van der Waals surface area (Å²) < 4.78 is 57.4. The lowest BCUT2D eigenvalue weighted by molar-refractivity contribution is 0.0516. The summed E-state index contributed by atoms with van der Waals surface area (Å²) in [5, 5.41) is 15.4. The molecule has 0 aliphatic carbocycles. The summed E-state index contributed by atoms with van der Waals surface area (Å²) in [6.07, 6.45) is 2.99. The number of morpholine rings is 1. The Bertz CT molecular complexity index is 1730. The Kier molecular flexibility index (Phi) is 6.30.